The summed E-state index contributed by atoms with van der Waals surface area (Å²) in [5.41, 5.74) is 0. The van der Waals surface area contributed by atoms with E-state index in [0.29, 0.717) is 19.5 Å². The van der Waals surface area contributed by atoms with Crippen molar-refractivity contribution in [1.82, 2.24) is 9.62 Å². The number of piperidine rings is 1. The van der Waals surface area contributed by atoms with Gasteiger partial charge in [-0.2, -0.15) is 0 Å². The Balaban J connectivity index is 1.72. The number of carbonyl (C=O) groups is 1. The number of nitrogens with zero attached hydrogens (tertiary/aromatic N) is 1. The topological polar surface area (TPSA) is 66.5 Å². The highest BCUT2D eigenvalue weighted by molar-refractivity contribution is 7.88. The molecule has 2 heterocycles. The van der Waals surface area contributed by atoms with Crippen LogP contribution in [-0.2, 0) is 21.2 Å². The van der Waals surface area contributed by atoms with Crippen molar-refractivity contribution in [2.24, 2.45) is 0 Å². The smallest absolute Gasteiger partial charge is 0.220 e. The number of hydrogen-bond donors (Lipinski definition) is 1. The zero-order chi connectivity index (χ0) is 16.2. The molecule has 0 saturated carbocycles. The molecule has 1 aromatic heterocycles. The van der Waals surface area contributed by atoms with E-state index in [9.17, 15) is 13.2 Å². The van der Waals surface area contributed by atoms with Crippen molar-refractivity contribution in [3.8, 4) is 0 Å². The second-order valence-corrected chi connectivity index (χ2v) is 9.25. The monoisotopic (exact) mass is 344 g/mol. The molecule has 0 aromatic carbocycles. The van der Waals surface area contributed by atoms with Crippen molar-refractivity contribution in [1.29, 1.82) is 0 Å². The van der Waals surface area contributed by atoms with Gasteiger partial charge < -0.3 is 5.32 Å². The van der Waals surface area contributed by atoms with E-state index < -0.39 is 10.0 Å². The predicted molar refractivity (Wildman–Crippen MR) is 89.6 cm³/mol. The van der Waals surface area contributed by atoms with Crippen molar-refractivity contribution in [2.75, 3.05) is 19.3 Å². The fourth-order valence-corrected chi connectivity index (χ4v) is 4.55. The van der Waals surface area contributed by atoms with Crippen LogP contribution >= 0.6 is 11.3 Å². The molecule has 0 unspecified atom stereocenters. The minimum Gasteiger partial charge on any atom is -0.352 e. The Bertz CT molecular complexity index is 610. The van der Waals surface area contributed by atoms with Crippen molar-refractivity contribution in [3.05, 3.63) is 21.9 Å². The number of amides is 1. The summed E-state index contributed by atoms with van der Waals surface area (Å²) in [6.45, 7) is 3.04. The zero-order valence-electron chi connectivity index (χ0n) is 13.2. The first-order valence-corrected chi connectivity index (χ1v) is 10.3. The third-order valence-electron chi connectivity index (χ3n) is 3.84. The number of carbonyl (C=O) groups excluding carboxylic acids is 1. The van der Waals surface area contributed by atoms with Crippen molar-refractivity contribution in [3.63, 3.8) is 0 Å². The maximum Gasteiger partial charge on any atom is 0.220 e. The number of nitrogens with one attached hydrogen (secondary N) is 1. The Morgan fingerprint density at radius 2 is 2.23 bits per heavy atom. The van der Waals surface area contributed by atoms with Crippen LogP contribution in [-0.4, -0.2) is 44.0 Å². The van der Waals surface area contributed by atoms with E-state index in [4.69, 9.17) is 0 Å². The lowest BCUT2D eigenvalue weighted by Gasteiger charge is -2.31. The van der Waals surface area contributed by atoms with Gasteiger partial charge in [-0.05, 0) is 44.7 Å². The molecule has 1 saturated heterocycles. The van der Waals surface area contributed by atoms with Crippen molar-refractivity contribution in [2.45, 2.75) is 45.1 Å². The summed E-state index contributed by atoms with van der Waals surface area (Å²) in [5.74, 6) is 0.0219. The summed E-state index contributed by atoms with van der Waals surface area (Å²) in [6.07, 6.45) is 5.11. The van der Waals surface area contributed by atoms with Crippen LogP contribution in [0, 0.1) is 6.92 Å². The summed E-state index contributed by atoms with van der Waals surface area (Å²) in [5, 5.41) is 2.97. The first-order valence-electron chi connectivity index (χ1n) is 7.64. The molecule has 124 valence electrons. The molecule has 7 heteroatoms. The van der Waals surface area contributed by atoms with Crippen LogP contribution in [0.3, 0.4) is 0 Å². The Labute approximate surface area is 136 Å². The third kappa shape index (κ3) is 5.37. The first-order chi connectivity index (χ1) is 10.3. The van der Waals surface area contributed by atoms with E-state index >= 15 is 0 Å². The number of thiophene rings is 1. The highest BCUT2D eigenvalue weighted by Gasteiger charge is 2.26. The minimum atomic E-state index is -3.16. The second kappa shape index (κ2) is 7.57. The van der Waals surface area contributed by atoms with Gasteiger partial charge in [-0.25, -0.2) is 12.7 Å². The predicted octanol–water partition coefficient (Wildman–Crippen LogP) is 1.92. The molecule has 2 rings (SSSR count). The van der Waals surface area contributed by atoms with Gasteiger partial charge in [0.1, 0.15) is 0 Å². The summed E-state index contributed by atoms with van der Waals surface area (Å²) >= 11 is 1.77. The molecule has 0 bridgehead atoms. The quantitative estimate of drug-likeness (QED) is 0.857. The first kappa shape index (κ1) is 17.4. The van der Waals surface area contributed by atoms with Crippen LogP contribution in [0.15, 0.2) is 12.1 Å². The molecule has 1 aliphatic rings. The lowest BCUT2D eigenvalue weighted by molar-refractivity contribution is -0.122. The number of aryl methyl sites for hydroxylation is 2. The Morgan fingerprint density at radius 1 is 1.45 bits per heavy atom. The summed E-state index contributed by atoms with van der Waals surface area (Å²) in [6, 6.07) is 4.16. The fourth-order valence-electron chi connectivity index (χ4n) is 2.70. The number of rotatable bonds is 6. The molecule has 0 radical (unpaired) electrons. The van der Waals surface area contributed by atoms with Crippen LogP contribution in [0.1, 0.15) is 35.4 Å². The van der Waals surface area contributed by atoms with Gasteiger partial charge in [0.15, 0.2) is 0 Å². The van der Waals surface area contributed by atoms with E-state index in [1.54, 1.807) is 11.3 Å². The van der Waals surface area contributed by atoms with Gasteiger partial charge in [-0.1, -0.05) is 0 Å². The molecule has 1 fully saturated rings. The standard InChI is InChI=1S/C15H24N2O3S2/c1-12-8-9-14(21-12)6-3-7-15(18)16-13-5-4-10-17(11-13)22(2,19)20/h8-9,13H,3-7,10-11H2,1-2H3,(H,16,18)/t13-/m1/s1. The maximum absolute atomic E-state index is 12.0. The molecule has 1 aliphatic heterocycles. The minimum absolute atomic E-state index is 0.0219. The van der Waals surface area contributed by atoms with Gasteiger partial charge in [0, 0.05) is 35.3 Å². The van der Waals surface area contributed by atoms with E-state index in [0.717, 1.165) is 25.7 Å². The van der Waals surface area contributed by atoms with E-state index in [1.807, 2.05) is 0 Å². The molecular formula is C15H24N2O3S2. The van der Waals surface area contributed by atoms with Crippen LogP contribution in [0.4, 0.5) is 0 Å². The van der Waals surface area contributed by atoms with Gasteiger partial charge in [0.25, 0.3) is 0 Å². The summed E-state index contributed by atoms with van der Waals surface area (Å²) < 4.78 is 24.6. The molecule has 5 nitrogen and oxygen atoms in total. The highest BCUT2D eigenvalue weighted by Crippen LogP contribution is 2.17. The molecule has 1 aromatic rings. The molecule has 0 spiro atoms. The molecule has 1 N–H and O–H groups in total. The maximum atomic E-state index is 12.0. The van der Waals surface area contributed by atoms with Gasteiger partial charge in [0.05, 0.1) is 6.26 Å². The summed E-state index contributed by atoms with van der Waals surface area (Å²) in [4.78, 5) is 14.6. The Kier molecular flexibility index (Phi) is 6.00. The average Bonchev–Trinajstić information content (AvgIpc) is 2.84. The Morgan fingerprint density at radius 3 is 2.86 bits per heavy atom. The molecule has 0 aliphatic carbocycles. The molecule has 1 amide bonds. The highest BCUT2D eigenvalue weighted by atomic mass is 32.2. The summed E-state index contributed by atoms with van der Waals surface area (Å²) in [7, 11) is -3.16. The largest absolute Gasteiger partial charge is 0.352 e. The Hall–Kier alpha value is -0.920. The lowest BCUT2D eigenvalue weighted by atomic mass is 10.1. The van der Waals surface area contributed by atoms with Crippen molar-refractivity contribution < 1.29 is 13.2 Å². The van der Waals surface area contributed by atoms with Gasteiger partial charge in [0.2, 0.25) is 15.9 Å². The lowest BCUT2D eigenvalue weighted by Crippen LogP contribution is -2.49. The SMILES string of the molecule is Cc1ccc(CCCC(=O)N[C@@H]2CCCN(S(C)(=O)=O)C2)s1. The average molecular weight is 345 g/mol. The van der Waals surface area contributed by atoms with E-state index in [1.165, 1.54) is 20.3 Å². The third-order valence-corrected chi connectivity index (χ3v) is 6.17. The second-order valence-electron chi connectivity index (χ2n) is 5.89. The zero-order valence-corrected chi connectivity index (χ0v) is 14.8. The van der Waals surface area contributed by atoms with E-state index in [2.05, 4.69) is 24.4 Å². The molecule has 22 heavy (non-hydrogen) atoms. The van der Waals surface area contributed by atoms with Crippen LogP contribution < -0.4 is 5.32 Å². The van der Waals surface area contributed by atoms with Gasteiger partial charge in [-0.15, -0.1) is 11.3 Å². The molecule has 1 atom stereocenters. The van der Waals surface area contributed by atoms with Crippen LogP contribution in [0.2, 0.25) is 0 Å². The molecular weight excluding hydrogens is 320 g/mol. The fraction of sp³-hybridized carbons (Fsp3) is 0.667. The van der Waals surface area contributed by atoms with E-state index in [-0.39, 0.29) is 11.9 Å². The van der Waals surface area contributed by atoms with Crippen LogP contribution in [0.5, 0.6) is 0 Å². The van der Waals surface area contributed by atoms with Gasteiger partial charge >= 0.3 is 0 Å². The number of sulfonamides is 1. The number of hydrogen-bond acceptors (Lipinski definition) is 4. The van der Waals surface area contributed by atoms with Crippen molar-refractivity contribution >= 4 is 27.3 Å². The van der Waals surface area contributed by atoms with Crippen LogP contribution in [0.25, 0.3) is 0 Å². The van der Waals surface area contributed by atoms with Gasteiger partial charge in [-0.3, -0.25) is 4.79 Å². The normalized spacial score (nSPS) is 20.0.